The first-order valence-electron chi connectivity index (χ1n) is 6.95. The molecule has 0 aromatic heterocycles. The molecule has 1 aromatic carbocycles. The molecule has 1 saturated carbocycles. The van der Waals surface area contributed by atoms with E-state index in [4.69, 9.17) is 16.7 Å². The highest BCUT2D eigenvalue weighted by molar-refractivity contribution is 8.00. The van der Waals surface area contributed by atoms with Crippen LogP contribution in [0.5, 0.6) is 0 Å². The highest BCUT2D eigenvalue weighted by Gasteiger charge is 2.30. The van der Waals surface area contributed by atoms with Gasteiger partial charge in [0.15, 0.2) is 0 Å². The van der Waals surface area contributed by atoms with Gasteiger partial charge in [-0.3, -0.25) is 19.7 Å². The smallest absolute Gasteiger partial charge is 0.306 e. The molecule has 0 saturated heterocycles. The van der Waals surface area contributed by atoms with E-state index in [1.807, 2.05) is 0 Å². The number of amides is 1. The van der Waals surface area contributed by atoms with Crippen molar-refractivity contribution in [2.24, 2.45) is 5.92 Å². The lowest BCUT2D eigenvalue weighted by Crippen LogP contribution is -2.34. The number of carbonyl (C=O) groups is 2. The molecular formula is C14H15ClN2O5S. The maximum atomic E-state index is 11.9. The largest absolute Gasteiger partial charge is 0.481 e. The Labute approximate surface area is 141 Å². The number of carboxylic acids is 1. The van der Waals surface area contributed by atoms with E-state index in [0.29, 0.717) is 24.2 Å². The number of thioether (sulfide) groups is 1. The molecule has 2 atom stereocenters. The number of nitro benzene ring substituents is 1. The van der Waals surface area contributed by atoms with Crippen LogP contribution in [0.4, 0.5) is 5.69 Å². The van der Waals surface area contributed by atoms with Gasteiger partial charge in [-0.2, -0.15) is 0 Å². The molecule has 1 aliphatic rings. The van der Waals surface area contributed by atoms with Crippen LogP contribution in [0.3, 0.4) is 0 Å². The number of hydrogen-bond acceptors (Lipinski definition) is 5. The third kappa shape index (κ3) is 4.84. The first kappa shape index (κ1) is 17.6. The number of halogens is 1. The second-order valence-electron chi connectivity index (χ2n) is 5.27. The fourth-order valence-corrected chi connectivity index (χ4v) is 3.49. The highest BCUT2D eigenvalue weighted by atomic mass is 35.5. The van der Waals surface area contributed by atoms with Crippen molar-refractivity contribution in [3.8, 4) is 0 Å². The van der Waals surface area contributed by atoms with Gasteiger partial charge in [-0.25, -0.2) is 0 Å². The number of rotatable bonds is 6. The van der Waals surface area contributed by atoms with Crippen LogP contribution >= 0.6 is 23.4 Å². The van der Waals surface area contributed by atoms with Gasteiger partial charge in [0.1, 0.15) is 0 Å². The summed E-state index contributed by atoms with van der Waals surface area (Å²) in [5, 5.41) is 22.9. The van der Waals surface area contributed by atoms with Crippen molar-refractivity contribution < 1.29 is 19.6 Å². The Morgan fingerprint density at radius 1 is 1.43 bits per heavy atom. The third-order valence-corrected chi connectivity index (χ3v) is 4.92. The summed E-state index contributed by atoms with van der Waals surface area (Å²) in [5.41, 5.74) is -0.137. The third-order valence-electron chi connectivity index (χ3n) is 3.62. The van der Waals surface area contributed by atoms with Crippen molar-refractivity contribution in [2.75, 3.05) is 5.75 Å². The standard InChI is InChI=1S/C14H15ClN2O5S/c15-9-2-4-12(11(6-9)17(21)22)23-7-13(18)16-10-3-1-8(5-10)14(19)20/h2,4,6,8,10H,1,3,5,7H2,(H,16,18)(H,19,20)/t8-,10+/m0/s1. The lowest BCUT2D eigenvalue weighted by atomic mass is 10.1. The number of aliphatic carboxylic acids is 1. The Hall–Kier alpha value is -1.80. The average molecular weight is 359 g/mol. The van der Waals surface area contributed by atoms with Crippen molar-refractivity contribution in [3.63, 3.8) is 0 Å². The minimum absolute atomic E-state index is 0.0245. The van der Waals surface area contributed by atoms with Crippen LogP contribution in [0.1, 0.15) is 19.3 Å². The Morgan fingerprint density at radius 2 is 2.17 bits per heavy atom. The Balaban J connectivity index is 1.88. The minimum atomic E-state index is -0.840. The molecular weight excluding hydrogens is 344 g/mol. The van der Waals surface area contributed by atoms with E-state index in [1.54, 1.807) is 0 Å². The SMILES string of the molecule is O=C(CSc1ccc(Cl)cc1[N+](=O)[O-])N[C@@H]1CC[C@H](C(=O)O)C1. The normalized spacial score (nSPS) is 20.2. The zero-order chi connectivity index (χ0) is 17.0. The Morgan fingerprint density at radius 3 is 2.78 bits per heavy atom. The van der Waals surface area contributed by atoms with Gasteiger partial charge >= 0.3 is 5.97 Å². The molecule has 7 nitrogen and oxygen atoms in total. The number of carboxylic acid groups (broad SMARTS) is 1. The van der Waals surface area contributed by atoms with Crippen molar-refractivity contribution in [2.45, 2.75) is 30.2 Å². The summed E-state index contributed by atoms with van der Waals surface area (Å²) in [4.78, 5) is 33.6. The second-order valence-corrected chi connectivity index (χ2v) is 6.72. The van der Waals surface area contributed by atoms with Gasteiger partial charge in [-0.1, -0.05) is 11.6 Å². The van der Waals surface area contributed by atoms with Gasteiger partial charge in [-0.05, 0) is 31.4 Å². The molecule has 1 fully saturated rings. The first-order valence-corrected chi connectivity index (χ1v) is 8.32. The van der Waals surface area contributed by atoms with E-state index >= 15 is 0 Å². The lowest BCUT2D eigenvalue weighted by Gasteiger charge is -2.12. The zero-order valence-electron chi connectivity index (χ0n) is 12.0. The highest BCUT2D eigenvalue weighted by Crippen LogP contribution is 2.31. The van der Waals surface area contributed by atoms with Gasteiger partial charge in [0.05, 0.1) is 21.5 Å². The minimum Gasteiger partial charge on any atom is -0.481 e. The van der Waals surface area contributed by atoms with E-state index in [2.05, 4.69) is 5.32 Å². The maximum Gasteiger partial charge on any atom is 0.306 e. The Bertz CT molecular complexity index is 640. The number of nitro groups is 1. The lowest BCUT2D eigenvalue weighted by molar-refractivity contribution is -0.387. The number of carbonyl (C=O) groups excluding carboxylic acids is 1. The summed E-state index contributed by atoms with van der Waals surface area (Å²) in [6, 6.07) is 4.14. The molecule has 2 rings (SSSR count). The van der Waals surface area contributed by atoms with Crippen LogP contribution in [-0.2, 0) is 9.59 Å². The summed E-state index contributed by atoms with van der Waals surface area (Å²) < 4.78 is 0. The molecule has 0 spiro atoms. The first-order chi connectivity index (χ1) is 10.9. The summed E-state index contributed by atoms with van der Waals surface area (Å²) in [7, 11) is 0. The Kier molecular flexibility index (Phi) is 5.84. The molecule has 2 N–H and O–H groups in total. The molecule has 0 radical (unpaired) electrons. The topological polar surface area (TPSA) is 110 Å². The maximum absolute atomic E-state index is 11.9. The van der Waals surface area contributed by atoms with Crippen molar-refractivity contribution in [3.05, 3.63) is 33.3 Å². The summed E-state index contributed by atoms with van der Waals surface area (Å²) in [6.07, 6.45) is 1.61. The fraction of sp³-hybridized carbons (Fsp3) is 0.429. The fourth-order valence-electron chi connectivity index (χ4n) is 2.50. The zero-order valence-corrected chi connectivity index (χ0v) is 13.6. The van der Waals surface area contributed by atoms with Crippen LogP contribution < -0.4 is 5.32 Å². The van der Waals surface area contributed by atoms with Crippen LogP contribution in [-0.4, -0.2) is 33.7 Å². The molecule has 1 aromatic rings. The molecule has 23 heavy (non-hydrogen) atoms. The molecule has 1 amide bonds. The van der Waals surface area contributed by atoms with Gasteiger partial charge in [0.25, 0.3) is 5.69 Å². The average Bonchev–Trinajstić information content (AvgIpc) is 2.94. The van der Waals surface area contributed by atoms with Gasteiger partial charge in [-0.15, -0.1) is 11.8 Å². The second kappa shape index (κ2) is 7.65. The van der Waals surface area contributed by atoms with Crippen LogP contribution in [0.25, 0.3) is 0 Å². The van der Waals surface area contributed by atoms with Crippen LogP contribution in [0, 0.1) is 16.0 Å². The molecule has 9 heteroatoms. The number of benzene rings is 1. The predicted molar refractivity (Wildman–Crippen MR) is 85.7 cm³/mol. The van der Waals surface area contributed by atoms with Crippen molar-refractivity contribution in [1.29, 1.82) is 0 Å². The molecule has 124 valence electrons. The number of nitrogens with zero attached hydrogens (tertiary/aromatic N) is 1. The predicted octanol–water partition coefficient (Wildman–Crippen LogP) is 2.71. The van der Waals surface area contributed by atoms with E-state index in [0.717, 1.165) is 11.8 Å². The molecule has 0 heterocycles. The number of hydrogen-bond donors (Lipinski definition) is 2. The summed E-state index contributed by atoms with van der Waals surface area (Å²) in [6.45, 7) is 0. The van der Waals surface area contributed by atoms with Gasteiger partial charge in [0.2, 0.25) is 5.91 Å². The van der Waals surface area contributed by atoms with Crippen LogP contribution in [0.15, 0.2) is 23.1 Å². The van der Waals surface area contributed by atoms with E-state index in [1.165, 1.54) is 18.2 Å². The molecule has 1 aliphatic carbocycles. The molecule has 0 unspecified atom stereocenters. The van der Waals surface area contributed by atoms with Crippen LogP contribution in [0.2, 0.25) is 5.02 Å². The summed E-state index contributed by atoms with van der Waals surface area (Å²) in [5.74, 6) is -1.50. The summed E-state index contributed by atoms with van der Waals surface area (Å²) >= 11 is 6.79. The van der Waals surface area contributed by atoms with Gasteiger partial charge < -0.3 is 10.4 Å². The van der Waals surface area contributed by atoms with Crippen molar-refractivity contribution in [1.82, 2.24) is 5.32 Å². The number of nitrogens with one attached hydrogen (secondary N) is 1. The monoisotopic (exact) mass is 358 g/mol. The van der Waals surface area contributed by atoms with Gasteiger partial charge in [0, 0.05) is 17.1 Å². The molecule has 0 aliphatic heterocycles. The van der Waals surface area contributed by atoms with E-state index in [-0.39, 0.29) is 28.4 Å². The van der Waals surface area contributed by atoms with E-state index < -0.39 is 16.8 Å². The molecule has 0 bridgehead atoms. The van der Waals surface area contributed by atoms with E-state index in [9.17, 15) is 19.7 Å². The quantitative estimate of drug-likeness (QED) is 0.459. The van der Waals surface area contributed by atoms with Crippen molar-refractivity contribution >= 4 is 40.9 Å².